The van der Waals surface area contributed by atoms with Gasteiger partial charge in [-0.3, -0.25) is 4.79 Å². The van der Waals surface area contributed by atoms with Gasteiger partial charge < -0.3 is 5.11 Å². The fourth-order valence-electron chi connectivity index (χ4n) is 2.17. The summed E-state index contributed by atoms with van der Waals surface area (Å²) in [6, 6.07) is 5.53. The van der Waals surface area contributed by atoms with E-state index in [2.05, 4.69) is 0 Å². The molecule has 0 bridgehead atoms. The summed E-state index contributed by atoms with van der Waals surface area (Å²) < 4.78 is 38.4. The molecule has 0 unspecified atom stereocenters. The Hall–Kier alpha value is -1.17. The highest BCUT2D eigenvalue weighted by Crippen LogP contribution is 2.51. The smallest absolute Gasteiger partial charge is 0.416 e. The van der Waals surface area contributed by atoms with Crippen LogP contribution >= 0.6 is 11.8 Å². The molecular weight excluding hydrogens is 289 g/mol. The lowest BCUT2D eigenvalue weighted by molar-refractivity contribution is -0.139. The number of carboxylic acids is 1. The number of rotatable bonds is 6. The van der Waals surface area contributed by atoms with E-state index in [1.54, 1.807) is 6.07 Å². The third-order valence-corrected chi connectivity index (χ3v) is 4.80. The second-order valence-electron chi connectivity index (χ2n) is 5.22. The van der Waals surface area contributed by atoms with E-state index >= 15 is 0 Å². The first kappa shape index (κ1) is 15.2. The van der Waals surface area contributed by atoms with E-state index in [0.29, 0.717) is 5.75 Å². The number of hydrogen-bond donors (Lipinski definition) is 1. The van der Waals surface area contributed by atoms with Crippen LogP contribution in [0.5, 0.6) is 0 Å². The number of benzene rings is 1. The molecule has 0 aromatic heterocycles. The van der Waals surface area contributed by atoms with Gasteiger partial charge in [-0.15, -0.1) is 0 Å². The minimum Gasteiger partial charge on any atom is -0.481 e. The molecule has 1 aromatic rings. The third-order valence-electron chi connectivity index (χ3n) is 3.47. The van der Waals surface area contributed by atoms with E-state index in [1.807, 2.05) is 0 Å². The summed E-state index contributed by atoms with van der Waals surface area (Å²) in [5, 5.41) is 8.80. The summed E-state index contributed by atoms with van der Waals surface area (Å²) in [6.07, 6.45) is -2.52. The van der Waals surface area contributed by atoms with Crippen molar-refractivity contribution < 1.29 is 23.1 Å². The fourth-order valence-corrected chi connectivity index (χ4v) is 3.57. The lowest BCUT2D eigenvalue weighted by Gasteiger charge is -2.14. The van der Waals surface area contributed by atoms with E-state index in [-0.39, 0.29) is 23.2 Å². The average molecular weight is 304 g/mol. The van der Waals surface area contributed by atoms with Crippen molar-refractivity contribution in [2.75, 3.05) is 5.75 Å². The van der Waals surface area contributed by atoms with Crippen LogP contribution in [-0.2, 0) is 16.7 Å². The van der Waals surface area contributed by atoms with Crippen LogP contribution in [0.2, 0.25) is 0 Å². The Morgan fingerprint density at radius 1 is 1.30 bits per heavy atom. The number of thioether (sulfide) groups is 1. The third kappa shape index (κ3) is 3.91. The van der Waals surface area contributed by atoms with E-state index in [9.17, 15) is 18.0 Å². The van der Waals surface area contributed by atoms with Gasteiger partial charge >= 0.3 is 12.1 Å². The largest absolute Gasteiger partial charge is 0.481 e. The van der Waals surface area contributed by atoms with E-state index in [0.717, 1.165) is 18.9 Å². The van der Waals surface area contributed by atoms with Crippen molar-refractivity contribution in [1.82, 2.24) is 0 Å². The molecule has 1 aromatic carbocycles. The molecule has 2 nitrogen and oxygen atoms in total. The van der Waals surface area contributed by atoms with Crippen molar-refractivity contribution in [3.05, 3.63) is 35.4 Å². The lowest BCUT2D eigenvalue weighted by Crippen LogP contribution is -2.12. The SMILES string of the molecule is O=C(O)CC1(CSCc2ccccc2C(F)(F)F)CC1. The van der Waals surface area contributed by atoms with E-state index < -0.39 is 17.7 Å². The first-order chi connectivity index (χ1) is 9.32. The molecule has 0 radical (unpaired) electrons. The van der Waals surface area contributed by atoms with Crippen LogP contribution in [0, 0.1) is 5.41 Å². The summed E-state index contributed by atoms with van der Waals surface area (Å²) in [4.78, 5) is 10.7. The van der Waals surface area contributed by atoms with Crippen molar-refractivity contribution >= 4 is 17.7 Å². The molecule has 1 aliphatic rings. The molecule has 6 heteroatoms. The normalized spacial score (nSPS) is 16.9. The molecule has 0 atom stereocenters. The molecule has 0 amide bonds. The topological polar surface area (TPSA) is 37.3 Å². The number of halogens is 3. The first-order valence-electron chi connectivity index (χ1n) is 6.27. The summed E-state index contributed by atoms with van der Waals surface area (Å²) in [5.41, 5.74) is -0.532. The highest BCUT2D eigenvalue weighted by Gasteiger charge is 2.44. The second-order valence-corrected chi connectivity index (χ2v) is 6.20. The van der Waals surface area contributed by atoms with Gasteiger partial charge in [-0.1, -0.05) is 18.2 Å². The van der Waals surface area contributed by atoms with Crippen LogP contribution in [0.1, 0.15) is 30.4 Å². The molecule has 1 saturated carbocycles. The van der Waals surface area contributed by atoms with Crippen molar-refractivity contribution in [2.45, 2.75) is 31.2 Å². The number of alkyl halides is 3. The number of hydrogen-bond acceptors (Lipinski definition) is 2. The van der Waals surface area contributed by atoms with Crippen molar-refractivity contribution in [1.29, 1.82) is 0 Å². The van der Waals surface area contributed by atoms with E-state index in [1.165, 1.54) is 23.9 Å². The average Bonchev–Trinajstić information content (AvgIpc) is 3.07. The van der Waals surface area contributed by atoms with E-state index in [4.69, 9.17) is 5.11 Å². The Morgan fingerprint density at radius 3 is 2.50 bits per heavy atom. The van der Waals surface area contributed by atoms with Gasteiger partial charge in [-0.05, 0) is 35.6 Å². The minimum atomic E-state index is -4.34. The maximum absolute atomic E-state index is 12.8. The Morgan fingerprint density at radius 2 is 1.95 bits per heavy atom. The first-order valence-corrected chi connectivity index (χ1v) is 7.43. The monoisotopic (exact) mass is 304 g/mol. The fraction of sp³-hybridized carbons (Fsp3) is 0.500. The standard InChI is InChI=1S/C14H15F3O2S/c15-14(16,17)11-4-2-1-3-10(11)8-20-9-13(5-6-13)7-12(18)19/h1-4H,5-9H2,(H,18,19). The Balaban J connectivity index is 1.94. The lowest BCUT2D eigenvalue weighted by atomic mass is 10.1. The zero-order valence-corrected chi connectivity index (χ0v) is 11.6. The molecule has 1 N–H and O–H groups in total. The van der Waals surface area contributed by atoms with Crippen LogP contribution < -0.4 is 0 Å². The quantitative estimate of drug-likeness (QED) is 0.856. The van der Waals surface area contributed by atoms with Gasteiger partial charge in [-0.25, -0.2) is 0 Å². The highest BCUT2D eigenvalue weighted by atomic mass is 32.2. The van der Waals surface area contributed by atoms with Crippen molar-refractivity contribution in [3.63, 3.8) is 0 Å². The minimum absolute atomic E-state index is 0.112. The predicted molar refractivity (Wildman–Crippen MR) is 71.5 cm³/mol. The van der Waals surface area contributed by atoms with Crippen molar-refractivity contribution in [2.24, 2.45) is 5.41 Å². The van der Waals surface area contributed by atoms with Gasteiger partial charge in [0.25, 0.3) is 0 Å². The summed E-state index contributed by atoms with van der Waals surface area (Å²) >= 11 is 1.38. The Labute approximate surface area is 119 Å². The molecule has 1 aliphatic carbocycles. The Bertz CT molecular complexity index is 495. The zero-order valence-electron chi connectivity index (χ0n) is 10.7. The maximum atomic E-state index is 12.8. The number of carboxylic acid groups (broad SMARTS) is 1. The van der Waals surface area contributed by atoms with Crippen LogP contribution in [-0.4, -0.2) is 16.8 Å². The number of aliphatic carboxylic acids is 1. The zero-order chi connectivity index (χ0) is 14.8. The molecule has 110 valence electrons. The van der Waals surface area contributed by atoms with Gasteiger partial charge in [0.1, 0.15) is 0 Å². The van der Waals surface area contributed by atoms with Gasteiger partial charge in [0.05, 0.1) is 12.0 Å². The van der Waals surface area contributed by atoms with Crippen LogP contribution in [0.25, 0.3) is 0 Å². The summed E-state index contributed by atoms with van der Waals surface area (Å²) in [6.45, 7) is 0. The molecule has 1 fully saturated rings. The van der Waals surface area contributed by atoms with Gasteiger partial charge in [0.15, 0.2) is 0 Å². The summed E-state index contributed by atoms with van der Waals surface area (Å²) in [7, 11) is 0. The maximum Gasteiger partial charge on any atom is 0.416 e. The number of carbonyl (C=O) groups is 1. The summed E-state index contributed by atoms with van der Waals surface area (Å²) in [5.74, 6) is 0.0292. The van der Waals surface area contributed by atoms with Crippen molar-refractivity contribution in [3.8, 4) is 0 Å². The molecule has 0 heterocycles. The second kappa shape index (κ2) is 5.68. The molecular formula is C14H15F3O2S. The molecule has 0 spiro atoms. The Kier molecular flexibility index (Phi) is 4.32. The predicted octanol–water partition coefficient (Wildman–Crippen LogP) is 4.19. The molecule has 2 rings (SSSR count). The van der Waals surface area contributed by atoms with Crippen LogP contribution in [0.3, 0.4) is 0 Å². The van der Waals surface area contributed by atoms with Gasteiger partial charge in [0, 0.05) is 5.75 Å². The molecule has 0 aliphatic heterocycles. The van der Waals surface area contributed by atoms with Gasteiger partial charge in [0.2, 0.25) is 0 Å². The molecule has 20 heavy (non-hydrogen) atoms. The van der Waals surface area contributed by atoms with Gasteiger partial charge in [-0.2, -0.15) is 24.9 Å². The highest BCUT2D eigenvalue weighted by molar-refractivity contribution is 7.98. The van der Waals surface area contributed by atoms with Crippen LogP contribution in [0.15, 0.2) is 24.3 Å². The van der Waals surface area contributed by atoms with Crippen LogP contribution in [0.4, 0.5) is 13.2 Å². The molecule has 0 saturated heterocycles.